The molecule has 0 aliphatic carbocycles. The molecule has 2 aromatic carbocycles. The van der Waals surface area contributed by atoms with Crippen LogP contribution in [0.3, 0.4) is 0 Å². The molecular weight excluding hydrogens is 252 g/mol. The number of aliphatic hydroxyl groups excluding tert-OH is 1. The molecule has 0 aliphatic heterocycles. The zero-order valence-electron chi connectivity index (χ0n) is 11.5. The highest BCUT2D eigenvalue weighted by molar-refractivity contribution is 5.95. The van der Waals surface area contributed by atoms with E-state index in [-0.39, 0.29) is 12.4 Å². The Labute approximate surface area is 118 Å². The maximum absolute atomic E-state index is 11.5. The molecule has 2 aromatic rings. The molecule has 0 aromatic heterocycles. The molecule has 20 heavy (non-hydrogen) atoms. The first-order valence-electron chi connectivity index (χ1n) is 6.67. The van der Waals surface area contributed by atoms with Crippen molar-refractivity contribution < 1.29 is 14.6 Å². The zero-order chi connectivity index (χ0) is 14.4. The molecule has 0 aliphatic rings. The Balaban J connectivity index is 1.94. The second-order valence-electron chi connectivity index (χ2n) is 4.56. The second kappa shape index (κ2) is 6.87. The highest BCUT2D eigenvalue weighted by Gasteiger charge is 2.03. The molecular formula is C17H18O3. The Morgan fingerprint density at radius 1 is 1.00 bits per heavy atom. The average molecular weight is 270 g/mol. The Morgan fingerprint density at radius 3 is 2.15 bits per heavy atom. The van der Waals surface area contributed by atoms with E-state index in [4.69, 9.17) is 9.84 Å². The maximum atomic E-state index is 11.5. The van der Waals surface area contributed by atoms with Gasteiger partial charge >= 0.3 is 0 Å². The van der Waals surface area contributed by atoms with Crippen LogP contribution in [-0.4, -0.2) is 10.9 Å². The number of hydrogen-bond acceptors (Lipinski definition) is 3. The Morgan fingerprint density at radius 2 is 1.60 bits per heavy atom. The number of rotatable bonds is 6. The molecule has 1 N–H and O–H groups in total. The number of carbonyl (C=O) groups excluding carboxylic acids is 1. The average Bonchev–Trinajstić information content (AvgIpc) is 2.53. The number of ketones is 1. The van der Waals surface area contributed by atoms with E-state index in [1.807, 2.05) is 43.3 Å². The van der Waals surface area contributed by atoms with Gasteiger partial charge in [0, 0.05) is 12.0 Å². The minimum atomic E-state index is 0.0497. The first kappa shape index (κ1) is 14.3. The smallest absolute Gasteiger partial charge is 0.162 e. The molecule has 0 bridgehead atoms. The van der Waals surface area contributed by atoms with Gasteiger partial charge in [0.25, 0.3) is 0 Å². The Hall–Kier alpha value is -2.13. The van der Waals surface area contributed by atoms with Crippen LogP contribution in [0, 0.1) is 0 Å². The van der Waals surface area contributed by atoms with Crippen LogP contribution in [0.25, 0.3) is 0 Å². The maximum Gasteiger partial charge on any atom is 0.162 e. The highest BCUT2D eigenvalue weighted by atomic mass is 16.5. The molecule has 2 rings (SSSR count). The second-order valence-corrected chi connectivity index (χ2v) is 4.56. The molecule has 0 saturated heterocycles. The minimum Gasteiger partial charge on any atom is -0.489 e. The van der Waals surface area contributed by atoms with Crippen LogP contribution >= 0.6 is 0 Å². The van der Waals surface area contributed by atoms with Crippen LogP contribution in [0.5, 0.6) is 5.75 Å². The normalized spacial score (nSPS) is 10.3. The van der Waals surface area contributed by atoms with E-state index in [9.17, 15) is 4.79 Å². The van der Waals surface area contributed by atoms with Gasteiger partial charge in [-0.1, -0.05) is 31.2 Å². The van der Waals surface area contributed by atoms with Gasteiger partial charge < -0.3 is 9.84 Å². The van der Waals surface area contributed by atoms with Crippen LogP contribution in [0.4, 0.5) is 0 Å². The lowest BCUT2D eigenvalue weighted by Crippen LogP contribution is -1.98. The van der Waals surface area contributed by atoms with Crippen LogP contribution in [-0.2, 0) is 13.2 Å². The lowest BCUT2D eigenvalue weighted by atomic mass is 10.1. The van der Waals surface area contributed by atoms with E-state index >= 15 is 0 Å². The van der Waals surface area contributed by atoms with E-state index in [0.717, 1.165) is 16.9 Å². The van der Waals surface area contributed by atoms with Gasteiger partial charge in [-0.3, -0.25) is 4.79 Å². The first-order chi connectivity index (χ1) is 9.72. The summed E-state index contributed by atoms with van der Waals surface area (Å²) in [6.07, 6.45) is 0.511. The van der Waals surface area contributed by atoms with Gasteiger partial charge in [0.1, 0.15) is 12.4 Å². The van der Waals surface area contributed by atoms with Gasteiger partial charge in [-0.05, 0) is 35.4 Å². The fourth-order valence-corrected chi connectivity index (χ4v) is 1.85. The Bertz CT molecular complexity index is 556. The minimum absolute atomic E-state index is 0.0497. The molecule has 0 spiro atoms. The predicted molar refractivity (Wildman–Crippen MR) is 77.8 cm³/mol. The van der Waals surface area contributed by atoms with Gasteiger partial charge in [-0.25, -0.2) is 0 Å². The molecule has 3 heteroatoms. The summed E-state index contributed by atoms with van der Waals surface area (Å²) in [6, 6.07) is 14.8. The number of hydrogen-bond donors (Lipinski definition) is 1. The van der Waals surface area contributed by atoms with Crippen molar-refractivity contribution in [3.63, 3.8) is 0 Å². The Kier molecular flexibility index (Phi) is 4.91. The van der Waals surface area contributed by atoms with E-state index in [2.05, 4.69) is 0 Å². The summed E-state index contributed by atoms with van der Waals surface area (Å²) in [5.74, 6) is 0.875. The molecule has 3 nitrogen and oxygen atoms in total. The summed E-state index contributed by atoms with van der Waals surface area (Å²) >= 11 is 0. The highest BCUT2D eigenvalue weighted by Crippen LogP contribution is 2.15. The number of Topliss-reactive ketones (excluding diaryl/α,β-unsaturated/α-hetero) is 1. The van der Waals surface area contributed by atoms with Gasteiger partial charge in [-0.15, -0.1) is 0 Å². The zero-order valence-corrected chi connectivity index (χ0v) is 11.5. The van der Waals surface area contributed by atoms with Crippen molar-refractivity contribution in [2.24, 2.45) is 0 Å². The lowest BCUT2D eigenvalue weighted by molar-refractivity contribution is 0.0988. The summed E-state index contributed by atoms with van der Waals surface area (Å²) < 4.78 is 5.66. The topological polar surface area (TPSA) is 46.5 Å². The largest absolute Gasteiger partial charge is 0.489 e. The molecule has 0 radical (unpaired) electrons. The van der Waals surface area contributed by atoms with Crippen LogP contribution in [0.15, 0.2) is 48.5 Å². The van der Waals surface area contributed by atoms with Crippen LogP contribution < -0.4 is 4.74 Å². The van der Waals surface area contributed by atoms with Crippen LogP contribution in [0.2, 0.25) is 0 Å². The van der Waals surface area contributed by atoms with Gasteiger partial charge in [0.05, 0.1) is 6.61 Å². The number of carbonyl (C=O) groups is 1. The van der Waals surface area contributed by atoms with Gasteiger partial charge in [0.15, 0.2) is 5.78 Å². The predicted octanol–water partition coefficient (Wildman–Crippen LogP) is 3.35. The van der Waals surface area contributed by atoms with Crippen molar-refractivity contribution in [3.8, 4) is 5.75 Å². The summed E-state index contributed by atoms with van der Waals surface area (Å²) in [6.45, 7) is 2.36. The van der Waals surface area contributed by atoms with Crippen LogP contribution in [0.1, 0.15) is 34.8 Å². The van der Waals surface area contributed by atoms with Crippen molar-refractivity contribution in [2.75, 3.05) is 0 Å². The number of benzene rings is 2. The standard InChI is InChI=1S/C17H18O3/c1-2-17(19)15-7-9-16(10-8-15)20-12-14-5-3-13(11-18)4-6-14/h3-10,18H,2,11-12H2,1H3. The summed E-state index contributed by atoms with van der Waals surface area (Å²) in [5.41, 5.74) is 2.64. The van der Waals surface area contributed by atoms with Gasteiger partial charge in [0.2, 0.25) is 0 Å². The van der Waals surface area contributed by atoms with Crippen molar-refractivity contribution in [2.45, 2.75) is 26.6 Å². The molecule has 0 atom stereocenters. The van der Waals surface area contributed by atoms with Crippen molar-refractivity contribution in [1.82, 2.24) is 0 Å². The first-order valence-corrected chi connectivity index (χ1v) is 6.67. The lowest BCUT2D eigenvalue weighted by Gasteiger charge is -2.07. The fraction of sp³-hybridized carbons (Fsp3) is 0.235. The van der Waals surface area contributed by atoms with E-state index in [0.29, 0.717) is 18.6 Å². The number of ether oxygens (including phenoxy) is 1. The third-order valence-electron chi connectivity index (χ3n) is 3.11. The van der Waals surface area contributed by atoms with E-state index in [1.165, 1.54) is 0 Å². The molecule has 0 unspecified atom stereocenters. The summed E-state index contributed by atoms with van der Waals surface area (Å²) in [7, 11) is 0. The van der Waals surface area contributed by atoms with Crippen molar-refractivity contribution >= 4 is 5.78 Å². The monoisotopic (exact) mass is 270 g/mol. The van der Waals surface area contributed by atoms with E-state index < -0.39 is 0 Å². The SMILES string of the molecule is CCC(=O)c1ccc(OCc2ccc(CO)cc2)cc1. The third kappa shape index (κ3) is 3.68. The molecule has 104 valence electrons. The van der Waals surface area contributed by atoms with Gasteiger partial charge in [-0.2, -0.15) is 0 Å². The van der Waals surface area contributed by atoms with Crippen molar-refractivity contribution in [3.05, 3.63) is 65.2 Å². The molecule has 0 saturated carbocycles. The number of aliphatic hydroxyl groups is 1. The van der Waals surface area contributed by atoms with Crippen molar-refractivity contribution in [1.29, 1.82) is 0 Å². The summed E-state index contributed by atoms with van der Waals surface area (Å²) in [4.78, 5) is 11.5. The summed E-state index contributed by atoms with van der Waals surface area (Å²) in [5, 5.41) is 8.97. The quantitative estimate of drug-likeness (QED) is 0.819. The van der Waals surface area contributed by atoms with E-state index in [1.54, 1.807) is 12.1 Å². The molecule has 0 amide bonds. The fourth-order valence-electron chi connectivity index (χ4n) is 1.85. The molecule has 0 heterocycles. The third-order valence-corrected chi connectivity index (χ3v) is 3.11. The molecule has 0 fully saturated rings.